The number of rotatable bonds is 4. The number of amides is 1. The minimum atomic E-state index is -0.113. The van der Waals surface area contributed by atoms with Crippen molar-refractivity contribution >= 4 is 5.91 Å². The summed E-state index contributed by atoms with van der Waals surface area (Å²) >= 11 is 0. The average molecular weight is 367 g/mol. The highest BCUT2D eigenvalue weighted by Crippen LogP contribution is 2.21. The lowest BCUT2D eigenvalue weighted by molar-refractivity contribution is -0.137. The Morgan fingerprint density at radius 1 is 1.30 bits per heavy atom. The lowest BCUT2D eigenvalue weighted by Crippen LogP contribution is -2.49. The van der Waals surface area contributed by atoms with Gasteiger partial charge in [0.1, 0.15) is 5.82 Å². The number of nitrogens with one attached hydrogen (secondary N) is 1. The topological polar surface area (TPSA) is 82.2 Å². The zero-order chi connectivity index (χ0) is 18.8. The molecule has 142 valence electrons. The molecule has 4 heterocycles. The molecule has 2 aromatic heterocycles. The van der Waals surface area contributed by atoms with Crippen LogP contribution >= 0.6 is 0 Å². The van der Waals surface area contributed by atoms with Gasteiger partial charge in [-0.2, -0.15) is 0 Å². The summed E-state index contributed by atoms with van der Waals surface area (Å²) in [6.07, 6.45) is 7.05. The van der Waals surface area contributed by atoms with E-state index in [-0.39, 0.29) is 17.5 Å². The van der Waals surface area contributed by atoms with Crippen LogP contribution in [0.1, 0.15) is 37.4 Å². The fraction of sp³-hybridized carbons (Fsp3) is 0.500. The summed E-state index contributed by atoms with van der Waals surface area (Å²) < 4.78 is 0. The highest BCUT2D eigenvalue weighted by Gasteiger charge is 2.32. The number of aromatic amines is 1. The van der Waals surface area contributed by atoms with E-state index in [2.05, 4.69) is 26.8 Å². The Hall–Kier alpha value is -2.54. The number of hydrogen-bond donors (Lipinski definition) is 1. The number of aromatic nitrogens is 3. The van der Waals surface area contributed by atoms with Crippen molar-refractivity contribution < 1.29 is 4.79 Å². The van der Waals surface area contributed by atoms with Gasteiger partial charge in [-0.1, -0.05) is 6.92 Å². The van der Waals surface area contributed by atoms with Crippen LogP contribution in [0.25, 0.3) is 11.4 Å². The Kier molecular flexibility index (Phi) is 5.03. The maximum absolute atomic E-state index is 13.1. The molecule has 0 unspecified atom stereocenters. The van der Waals surface area contributed by atoms with Crippen LogP contribution < -0.4 is 5.56 Å². The predicted molar refractivity (Wildman–Crippen MR) is 102 cm³/mol. The van der Waals surface area contributed by atoms with Crippen LogP contribution in [0.2, 0.25) is 0 Å². The fourth-order valence-corrected chi connectivity index (χ4v) is 4.12. The van der Waals surface area contributed by atoms with Crippen molar-refractivity contribution in [1.29, 1.82) is 0 Å². The Labute approximate surface area is 158 Å². The zero-order valence-corrected chi connectivity index (χ0v) is 15.6. The van der Waals surface area contributed by atoms with E-state index in [1.807, 2.05) is 17.0 Å². The molecular weight excluding hydrogens is 342 g/mol. The molecule has 1 atom stereocenters. The number of H-pyrrole nitrogens is 1. The summed E-state index contributed by atoms with van der Waals surface area (Å²) in [5.74, 6) is 0.669. The minimum Gasteiger partial charge on any atom is -0.335 e. The van der Waals surface area contributed by atoms with Gasteiger partial charge in [-0.15, -0.1) is 0 Å². The standard InChI is InChI=1S/C20H25N5O2/c1-2-17(24-9-3-4-10-24)20(27)25-11-7-15-16(13-25)22-18(23-19(15)26)14-6-5-8-21-12-14/h5-6,8,12,17H,2-4,7,9-11,13H2,1H3,(H,22,23,26)/t17-/m1/s1. The third-order valence-corrected chi connectivity index (χ3v) is 5.57. The molecule has 7 heteroatoms. The maximum Gasteiger partial charge on any atom is 0.254 e. The number of carbonyl (C=O) groups is 1. The Balaban J connectivity index is 1.59. The van der Waals surface area contributed by atoms with Crippen LogP contribution in [0.3, 0.4) is 0 Å². The molecule has 1 N–H and O–H groups in total. The molecule has 4 rings (SSSR count). The molecule has 27 heavy (non-hydrogen) atoms. The van der Waals surface area contributed by atoms with Crippen LogP contribution in [0.15, 0.2) is 29.3 Å². The van der Waals surface area contributed by atoms with Gasteiger partial charge in [0.05, 0.1) is 18.3 Å². The number of nitrogens with zero attached hydrogens (tertiary/aromatic N) is 4. The zero-order valence-electron chi connectivity index (χ0n) is 15.6. The van der Waals surface area contributed by atoms with Gasteiger partial charge in [-0.25, -0.2) is 4.98 Å². The monoisotopic (exact) mass is 367 g/mol. The van der Waals surface area contributed by atoms with E-state index in [9.17, 15) is 9.59 Å². The molecule has 1 amide bonds. The van der Waals surface area contributed by atoms with Crippen molar-refractivity contribution in [2.75, 3.05) is 19.6 Å². The lowest BCUT2D eigenvalue weighted by Gasteiger charge is -2.34. The predicted octanol–water partition coefficient (Wildman–Crippen LogP) is 1.59. The van der Waals surface area contributed by atoms with E-state index >= 15 is 0 Å². The van der Waals surface area contributed by atoms with Crippen LogP contribution in [0.5, 0.6) is 0 Å². The Bertz CT molecular complexity index is 874. The normalized spacial score (nSPS) is 18.3. The first-order valence-electron chi connectivity index (χ1n) is 9.72. The Morgan fingerprint density at radius 3 is 2.81 bits per heavy atom. The van der Waals surface area contributed by atoms with Gasteiger partial charge in [0, 0.05) is 30.1 Å². The van der Waals surface area contributed by atoms with Crippen molar-refractivity contribution in [2.24, 2.45) is 0 Å². The van der Waals surface area contributed by atoms with Gasteiger partial charge < -0.3 is 9.88 Å². The quantitative estimate of drug-likeness (QED) is 0.887. The first-order chi connectivity index (χ1) is 13.2. The smallest absolute Gasteiger partial charge is 0.254 e. The first-order valence-corrected chi connectivity index (χ1v) is 9.72. The van der Waals surface area contributed by atoms with E-state index in [4.69, 9.17) is 0 Å². The van der Waals surface area contributed by atoms with E-state index in [1.54, 1.807) is 12.4 Å². The number of carbonyl (C=O) groups excluding carboxylic acids is 1. The van der Waals surface area contributed by atoms with Gasteiger partial charge in [0.15, 0.2) is 0 Å². The van der Waals surface area contributed by atoms with Gasteiger partial charge in [-0.05, 0) is 50.9 Å². The second-order valence-corrected chi connectivity index (χ2v) is 7.26. The third-order valence-electron chi connectivity index (χ3n) is 5.57. The fourth-order valence-electron chi connectivity index (χ4n) is 4.12. The molecule has 0 saturated carbocycles. The number of pyridine rings is 1. The highest BCUT2D eigenvalue weighted by molar-refractivity contribution is 5.82. The molecule has 1 saturated heterocycles. The molecule has 2 aliphatic heterocycles. The molecule has 7 nitrogen and oxygen atoms in total. The van der Waals surface area contributed by atoms with E-state index < -0.39 is 0 Å². The van der Waals surface area contributed by atoms with E-state index in [1.165, 1.54) is 0 Å². The van der Waals surface area contributed by atoms with Crippen molar-refractivity contribution in [3.05, 3.63) is 46.1 Å². The van der Waals surface area contributed by atoms with Crippen molar-refractivity contribution in [1.82, 2.24) is 24.8 Å². The maximum atomic E-state index is 13.1. The molecule has 2 aromatic rings. The molecule has 0 bridgehead atoms. The largest absolute Gasteiger partial charge is 0.335 e. The number of hydrogen-bond acceptors (Lipinski definition) is 5. The Morgan fingerprint density at radius 2 is 2.11 bits per heavy atom. The van der Waals surface area contributed by atoms with Gasteiger partial charge >= 0.3 is 0 Å². The molecule has 2 aliphatic rings. The summed E-state index contributed by atoms with van der Waals surface area (Å²) in [5.41, 5.74) is 2.05. The molecule has 0 spiro atoms. The number of fused-ring (bicyclic) bond motifs is 1. The van der Waals surface area contributed by atoms with E-state index in [0.717, 1.165) is 37.9 Å². The summed E-state index contributed by atoms with van der Waals surface area (Å²) in [7, 11) is 0. The second-order valence-electron chi connectivity index (χ2n) is 7.26. The average Bonchev–Trinajstić information content (AvgIpc) is 3.23. The lowest BCUT2D eigenvalue weighted by atomic mass is 10.0. The highest BCUT2D eigenvalue weighted by atomic mass is 16.2. The molecule has 0 aliphatic carbocycles. The summed E-state index contributed by atoms with van der Waals surface area (Å²) in [6, 6.07) is 3.62. The van der Waals surface area contributed by atoms with Gasteiger partial charge in [0.2, 0.25) is 5.91 Å². The molecule has 0 radical (unpaired) electrons. The van der Waals surface area contributed by atoms with Crippen molar-refractivity contribution in [2.45, 2.75) is 45.2 Å². The third kappa shape index (κ3) is 3.51. The molecule has 1 fully saturated rings. The van der Waals surface area contributed by atoms with Gasteiger partial charge in [-0.3, -0.25) is 19.5 Å². The summed E-state index contributed by atoms with van der Waals surface area (Å²) in [6.45, 7) is 5.04. The van der Waals surface area contributed by atoms with Gasteiger partial charge in [0.25, 0.3) is 5.56 Å². The van der Waals surface area contributed by atoms with Crippen molar-refractivity contribution in [3.63, 3.8) is 0 Å². The van der Waals surface area contributed by atoms with Crippen LogP contribution in [0.4, 0.5) is 0 Å². The van der Waals surface area contributed by atoms with Crippen LogP contribution in [0, 0.1) is 0 Å². The number of likely N-dealkylation sites (tertiary alicyclic amines) is 1. The minimum absolute atomic E-state index is 0.0613. The first kappa shape index (κ1) is 17.9. The summed E-state index contributed by atoms with van der Waals surface area (Å²) in [4.78, 5) is 41.4. The van der Waals surface area contributed by atoms with Crippen LogP contribution in [-0.2, 0) is 17.8 Å². The summed E-state index contributed by atoms with van der Waals surface area (Å²) in [5, 5.41) is 0. The molecule has 0 aromatic carbocycles. The van der Waals surface area contributed by atoms with Crippen LogP contribution in [-0.4, -0.2) is 56.3 Å². The van der Waals surface area contributed by atoms with Crippen molar-refractivity contribution in [3.8, 4) is 11.4 Å². The van der Waals surface area contributed by atoms with E-state index in [0.29, 0.717) is 36.6 Å². The SMILES string of the molecule is CC[C@H](C(=O)N1CCc2c(nc(-c3cccnc3)[nH]c2=O)C1)N1CCCC1. The molecular formula is C20H25N5O2. The second kappa shape index (κ2) is 7.60.